The van der Waals surface area contributed by atoms with E-state index in [1.165, 1.54) is 0 Å². The van der Waals surface area contributed by atoms with Crippen LogP contribution in [0.4, 0.5) is 0 Å². The number of nitrogens with one attached hydrogen (secondary N) is 1. The van der Waals surface area contributed by atoms with E-state index in [1.807, 2.05) is 69.3 Å². The SMILES string of the molecule is Cc1cccc(-c2noc(CCC(=O)NC3CC(C)(C)Oc4ccccc43)n2)c1. The molecule has 0 saturated carbocycles. The zero-order valence-corrected chi connectivity index (χ0v) is 16.9. The van der Waals surface area contributed by atoms with Gasteiger partial charge < -0.3 is 14.6 Å². The minimum atomic E-state index is -0.332. The van der Waals surface area contributed by atoms with E-state index in [0.717, 1.165) is 22.4 Å². The lowest BCUT2D eigenvalue weighted by atomic mass is 9.89. The molecule has 1 unspecified atom stereocenters. The number of aromatic nitrogens is 2. The van der Waals surface area contributed by atoms with Crippen LogP contribution in [0, 0.1) is 6.92 Å². The molecule has 0 spiro atoms. The summed E-state index contributed by atoms with van der Waals surface area (Å²) in [5, 5.41) is 7.17. The molecule has 2 heterocycles. The van der Waals surface area contributed by atoms with Crippen LogP contribution >= 0.6 is 0 Å². The lowest BCUT2D eigenvalue weighted by molar-refractivity contribution is -0.122. The van der Waals surface area contributed by atoms with Crippen molar-refractivity contribution in [2.45, 2.75) is 51.7 Å². The highest BCUT2D eigenvalue weighted by Crippen LogP contribution is 2.39. The number of carbonyl (C=O) groups excluding carboxylic acids is 1. The normalized spacial score (nSPS) is 17.3. The molecule has 1 amide bonds. The highest BCUT2D eigenvalue weighted by atomic mass is 16.5. The highest BCUT2D eigenvalue weighted by molar-refractivity contribution is 5.76. The van der Waals surface area contributed by atoms with Gasteiger partial charge in [0.05, 0.1) is 6.04 Å². The van der Waals surface area contributed by atoms with E-state index in [2.05, 4.69) is 15.5 Å². The van der Waals surface area contributed by atoms with Gasteiger partial charge in [0.15, 0.2) is 0 Å². The third-order valence-electron chi connectivity index (χ3n) is 5.02. The summed E-state index contributed by atoms with van der Waals surface area (Å²) in [7, 11) is 0. The Kier molecular flexibility index (Phi) is 5.09. The minimum absolute atomic E-state index is 0.0437. The average Bonchev–Trinajstić information content (AvgIpc) is 3.15. The first-order valence-electron chi connectivity index (χ1n) is 9.86. The van der Waals surface area contributed by atoms with E-state index >= 15 is 0 Å². The van der Waals surface area contributed by atoms with Gasteiger partial charge in [0, 0.05) is 30.4 Å². The Labute approximate surface area is 170 Å². The molecule has 0 radical (unpaired) electrons. The number of para-hydroxylation sites is 1. The number of amides is 1. The fourth-order valence-corrected chi connectivity index (χ4v) is 3.68. The molecule has 0 fully saturated rings. The summed E-state index contributed by atoms with van der Waals surface area (Å²) in [5.41, 5.74) is 2.72. The number of benzene rings is 2. The van der Waals surface area contributed by atoms with Crippen molar-refractivity contribution in [3.05, 3.63) is 65.5 Å². The molecule has 6 heteroatoms. The molecule has 0 bridgehead atoms. The molecule has 0 saturated heterocycles. The van der Waals surface area contributed by atoms with Crippen LogP contribution in [0.1, 0.15) is 49.7 Å². The van der Waals surface area contributed by atoms with Crippen molar-refractivity contribution < 1.29 is 14.1 Å². The summed E-state index contributed by atoms with van der Waals surface area (Å²) < 4.78 is 11.4. The Balaban J connectivity index is 1.39. The molecule has 1 aliphatic rings. The number of hydrogen-bond acceptors (Lipinski definition) is 5. The van der Waals surface area contributed by atoms with Crippen molar-refractivity contribution in [1.82, 2.24) is 15.5 Å². The van der Waals surface area contributed by atoms with E-state index in [9.17, 15) is 4.79 Å². The van der Waals surface area contributed by atoms with E-state index in [4.69, 9.17) is 9.26 Å². The second-order valence-corrected chi connectivity index (χ2v) is 8.11. The van der Waals surface area contributed by atoms with E-state index < -0.39 is 0 Å². The molecular formula is C23H25N3O3. The van der Waals surface area contributed by atoms with Crippen LogP contribution in [-0.4, -0.2) is 21.6 Å². The molecule has 4 rings (SSSR count). The van der Waals surface area contributed by atoms with Gasteiger partial charge in [0.1, 0.15) is 11.4 Å². The number of rotatable bonds is 5. The third kappa shape index (κ3) is 4.47. The summed E-state index contributed by atoms with van der Waals surface area (Å²) in [6.45, 7) is 6.09. The second-order valence-electron chi connectivity index (χ2n) is 8.11. The van der Waals surface area contributed by atoms with E-state index in [1.54, 1.807) is 0 Å². The summed E-state index contributed by atoms with van der Waals surface area (Å²) in [6.07, 6.45) is 1.40. The predicted molar refractivity (Wildman–Crippen MR) is 109 cm³/mol. The van der Waals surface area contributed by atoms with Gasteiger partial charge in [-0.2, -0.15) is 4.98 Å². The summed E-state index contributed by atoms with van der Waals surface area (Å²) in [4.78, 5) is 17.0. The number of aryl methyl sites for hydroxylation is 2. The lowest BCUT2D eigenvalue weighted by Crippen LogP contribution is -2.41. The van der Waals surface area contributed by atoms with E-state index in [0.29, 0.717) is 24.6 Å². The van der Waals surface area contributed by atoms with Gasteiger partial charge in [-0.25, -0.2) is 0 Å². The second kappa shape index (κ2) is 7.70. The van der Waals surface area contributed by atoms with Gasteiger partial charge in [0.25, 0.3) is 0 Å². The molecule has 1 aliphatic heterocycles. The molecule has 1 N–H and O–H groups in total. The van der Waals surface area contributed by atoms with Crippen LogP contribution in [0.3, 0.4) is 0 Å². The van der Waals surface area contributed by atoms with Gasteiger partial charge in [0.2, 0.25) is 17.6 Å². The van der Waals surface area contributed by atoms with Gasteiger partial charge in [-0.3, -0.25) is 4.79 Å². The number of nitrogens with zero attached hydrogens (tertiary/aromatic N) is 2. The standard InChI is InChI=1S/C23H25N3O3/c1-15-7-6-8-16(13-15)22-25-21(29-26-22)12-11-20(27)24-18-14-23(2,3)28-19-10-5-4-9-17(18)19/h4-10,13,18H,11-12,14H2,1-3H3,(H,24,27). The largest absolute Gasteiger partial charge is 0.487 e. The first kappa shape index (κ1) is 19.2. The van der Waals surface area contributed by atoms with Crippen LogP contribution < -0.4 is 10.1 Å². The van der Waals surface area contributed by atoms with Crippen molar-refractivity contribution >= 4 is 5.91 Å². The average molecular weight is 391 g/mol. The molecule has 1 aromatic heterocycles. The number of fused-ring (bicyclic) bond motifs is 1. The predicted octanol–water partition coefficient (Wildman–Crippen LogP) is 4.40. The summed E-state index contributed by atoms with van der Waals surface area (Å²) in [6, 6.07) is 15.7. The first-order valence-corrected chi connectivity index (χ1v) is 9.86. The monoisotopic (exact) mass is 391 g/mol. The molecule has 3 aromatic rings. The topological polar surface area (TPSA) is 77.2 Å². The van der Waals surface area contributed by atoms with Crippen LogP contribution in [0.2, 0.25) is 0 Å². The van der Waals surface area contributed by atoms with Gasteiger partial charge >= 0.3 is 0 Å². The third-order valence-corrected chi connectivity index (χ3v) is 5.02. The number of ether oxygens (including phenoxy) is 1. The van der Waals surface area contributed by atoms with E-state index in [-0.39, 0.29) is 24.0 Å². The molecule has 29 heavy (non-hydrogen) atoms. The maximum absolute atomic E-state index is 12.6. The number of hydrogen-bond donors (Lipinski definition) is 1. The van der Waals surface area contributed by atoms with Gasteiger partial charge in [-0.1, -0.05) is 47.1 Å². The Morgan fingerprint density at radius 3 is 2.86 bits per heavy atom. The van der Waals surface area contributed by atoms with Crippen LogP contribution in [-0.2, 0) is 11.2 Å². The Bertz CT molecular complexity index is 1030. The maximum Gasteiger partial charge on any atom is 0.227 e. The highest BCUT2D eigenvalue weighted by Gasteiger charge is 2.34. The number of carbonyl (C=O) groups is 1. The molecule has 1 atom stereocenters. The fraction of sp³-hybridized carbons (Fsp3) is 0.348. The minimum Gasteiger partial charge on any atom is -0.487 e. The summed E-state index contributed by atoms with van der Waals surface area (Å²) in [5.74, 6) is 1.79. The van der Waals surface area contributed by atoms with Crippen molar-refractivity contribution in [3.63, 3.8) is 0 Å². The Morgan fingerprint density at radius 1 is 1.21 bits per heavy atom. The Morgan fingerprint density at radius 2 is 2.03 bits per heavy atom. The van der Waals surface area contributed by atoms with Gasteiger partial charge in [-0.05, 0) is 32.9 Å². The molecule has 150 valence electrons. The van der Waals surface area contributed by atoms with Crippen LogP contribution in [0.25, 0.3) is 11.4 Å². The van der Waals surface area contributed by atoms with Crippen molar-refractivity contribution in [2.24, 2.45) is 0 Å². The van der Waals surface area contributed by atoms with Crippen LogP contribution in [0.5, 0.6) is 5.75 Å². The lowest BCUT2D eigenvalue weighted by Gasteiger charge is -2.37. The van der Waals surface area contributed by atoms with Crippen molar-refractivity contribution in [2.75, 3.05) is 0 Å². The molecule has 6 nitrogen and oxygen atoms in total. The fourth-order valence-electron chi connectivity index (χ4n) is 3.68. The van der Waals surface area contributed by atoms with Crippen LogP contribution in [0.15, 0.2) is 53.1 Å². The zero-order valence-electron chi connectivity index (χ0n) is 16.9. The quantitative estimate of drug-likeness (QED) is 0.698. The van der Waals surface area contributed by atoms with Crippen molar-refractivity contribution in [1.29, 1.82) is 0 Å². The van der Waals surface area contributed by atoms with Gasteiger partial charge in [-0.15, -0.1) is 0 Å². The smallest absolute Gasteiger partial charge is 0.227 e. The molecular weight excluding hydrogens is 366 g/mol. The molecule has 2 aromatic carbocycles. The summed E-state index contributed by atoms with van der Waals surface area (Å²) >= 11 is 0. The first-order chi connectivity index (χ1) is 13.9. The zero-order chi connectivity index (χ0) is 20.4. The van der Waals surface area contributed by atoms with Crippen molar-refractivity contribution in [3.8, 4) is 17.1 Å². The Hall–Kier alpha value is -3.15. The maximum atomic E-state index is 12.6. The molecule has 0 aliphatic carbocycles.